The zero-order chi connectivity index (χ0) is 18.9. The first-order valence-corrected chi connectivity index (χ1v) is 7.69. The number of halogens is 1. The molecule has 0 aliphatic carbocycles. The molecule has 26 heavy (non-hydrogen) atoms. The lowest BCUT2D eigenvalue weighted by molar-refractivity contribution is -0.0977. The molecule has 2 aromatic heterocycles. The second kappa shape index (κ2) is 6.74. The topological polar surface area (TPSA) is 135 Å². The van der Waals surface area contributed by atoms with Crippen molar-refractivity contribution in [2.24, 2.45) is 0 Å². The molecule has 0 amide bonds. The average Bonchev–Trinajstić information content (AvgIpc) is 3.15. The Bertz CT molecular complexity index is 881. The number of aliphatic hydroxyl groups is 1. The Morgan fingerprint density at radius 3 is 3.08 bits per heavy atom. The Labute approximate surface area is 147 Å². The fourth-order valence-electron chi connectivity index (χ4n) is 2.67. The predicted molar refractivity (Wildman–Crippen MR) is 85.0 cm³/mol. The van der Waals surface area contributed by atoms with Gasteiger partial charge in [-0.25, -0.2) is 9.78 Å². The van der Waals surface area contributed by atoms with Crippen LogP contribution >= 0.6 is 0 Å². The molecular weight excluding hydrogens is 349 g/mol. The number of fused-ring (bicyclic) bond motifs is 1. The second-order valence-electron chi connectivity index (χ2n) is 5.53. The monoisotopic (exact) mass is 365 g/mol. The van der Waals surface area contributed by atoms with Gasteiger partial charge in [0.1, 0.15) is 18.9 Å². The van der Waals surface area contributed by atoms with Gasteiger partial charge < -0.3 is 25.1 Å². The van der Waals surface area contributed by atoms with Gasteiger partial charge in [0.2, 0.25) is 0 Å². The maximum atomic E-state index is 13.5. The van der Waals surface area contributed by atoms with E-state index >= 15 is 0 Å². The number of hydrogen-bond donors (Lipinski definition) is 2. The first kappa shape index (κ1) is 17.8. The summed E-state index contributed by atoms with van der Waals surface area (Å²) in [6, 6.07) is 0. The number of ether oxygens (including phenoxy) is 3. The quantitative estimate of drug-likeness (QED) is 0.447. The molecule has 0 bridgehead atoms. The number of nitrogen functional groups attached to an aromatic ring is 1. The summed E-state index contributed by atoms with van der Waals surface area (Å²) in [5, 5.41) is 10.4. The molecule has 0 aromatic carbocycles. The Balaban J connectivity index is 1.86. The number of nitrogens with zero attached hydrogens (tertiary/aromatic N) is 4. The van der Waals surface area contributed by atoms with Gasteiger partial charge >= 0.3 is 12.2 Å². The number of nitrogens with two attached hydrogens (primary N) is 1. The zero-order valence-corrected chi connectivity index (χ0v) is 13.8. The van der Waals surface area contributed by atoms with E-state index in [1.54, 1.807) is 6.92 Å². The minimum Gasteiger partial charge on any atom is -0.435 e. The third kappa shape index (κ3) is 3.00. The second-order valence-corrected chi connectivity index (χ2v) is 5.53. The molecule has 10 nitrogen and oxygen atoms in total. The highest BCUT2D eigenvalue weighted by atomic mass is 19.1. The summed E-state index contributed by atoms with van der Waals surface area (Å²) in [4.78, 5) is 22.5. The highest BCUT2D eigenvalue weighted by molar-refractivity contribution is 5.81. The first-order valence-electron chi connectivity index (χ1n) is 7.69. The van der Waals surface area contributed by atoms with Crippen molar-refractivity contribution in [2.45, 2.75) is 31.3 Å². The van der Waals surface area contributed by atoms with Crippen LogP contribution in [0.25, 0.3) is 11.2 Å². The molecule has 0 unspecified atom stereocenters. The number of aromatic nitrogens is 4. The number of terminal acetylenes is 1. The van der Waals surface area contributed by atoms with Crippen molar-refractivity contribution in [3.8, 4) is 12.3 Å². The van der Waals surface area contributed by atoms with Crippen LogP contribution in [0.4, 0.5) is 15.0 Å². The normalized spacial score (nSPS) is 25.2. The lowest BCUT2D eigenvalue weighted by Crippen LogP contribution is -2.43. The van der Waals surface area contributed by atoms with Gasteiger partial charge in [-0.2, -0.15) is 14.4 Å². The maximum Gasteiger partial charge on any atom is 0.508 e. The molecule has 1 aliphatic rings. The SMILES string of the molecule is C#C[C@]1(COC(=O)OCC)O[C@@H](n2cnc3c(N)nc(F)nc32)C[C@@H]1O. The van der Waals surface area contributed by atoms with E-state index in [2.05, 4.69) is 25.6 Å². The lowest BCUT2D eigenvalue weighted by Gasteiger charge is -2.25. The van der Waals surface area contributed by atoms with E-state index < -0.39 is 36.8 Å². The fourth-order valence-corrected chi connectivity index (χ4v) is 2.67. The van der Waals surface area contributed by atoms with E-state index in [1.807, 2.05) is 0 Å². The number of imidazole rings is 1. The molecule has 0 spiro atoms. The third-order valence-corrected chi connectivity index (χ3v) is 3.95. The lowest BCUT2D eigenvalue weighted by atomic mass is 9.99. The standard InChI is InChI=1S/C15H16FN5O5/c1-3-15(6-25-14(23)24-4-2)8(22)5-9(26-15)21-7-18-10-11(17)19-13(16)20-12(10)21/h1,7-9,22H,4-6H2,2H3,(H2,17,19,20)/t8-,9+,15+/m0/s1. The van der Waals surface area contributed by atoms with E-state index in [9.17, 15) is 14.3 Å². The Morgan fingerprint density at radius 1 is 1.62 bits per heavy atom. The number of hydrogen-bond acceptors (Lipinski definition) is 9. The summed E-state index contributed by atoms with van der Waals surface area (Å²) in [6.45, 7) is 1.33. The number of aliphatic hydroxyl groups excluding tert-OH is 1. The first-order chi connectivity index (χ1) is 12.4. The van der Waals surface area contributed by atoms with Crippen LogP contribution in [0.3, 0.4) is 0 Å². The van der Waals surface area contributed by atoms with Crippen molar-refractivity contribution in [3.63, 3.8) is 0 Å². The van der Waals surface area contributed by atoms with Gasteiger partial charge in [-0.15, -0.1) is 6.42 Å². The van der Waals surface area contributed by atoms with E-state index in [4.69, 9.17) is 21.6 Å². The van der Waals surface area contributed by atoms with Gasteiger partial charge in [-0.3, -0.25) is 4.57 Å². The summed E-state index contributed by atoms with van der Waals surface area (Å²) >= 11 is 0. The summed E-state index contributed by atoms with van der Waals surface area (Å²) in [6.07, 6.45) is 2.91. The van der Waals surface area contributed by atoms with Crippen molar-refractivity contribution >= 4 is 23.1 Å². The minimum atomic E-state index is -1.59. The van der Waals surface area contributed by atoms with Gasteiger partial charge in [-0.1, -0.05) is 5.92 Å². The van der Waals surface area contributed by atoms with Crippen molar-refractivity contribution < 1.29 is 28.5 Å². The Hall–Kier alpha value is -2.97. The fraction of sp³-hybridized carbons (Fsp3) is 0.467. The van der Waals surface area contributed by atoms with Crippen LogP contribution in [-0.4, -0.2) is 55.7 Å². The molecule has 1 fully saturated rings. The van der Waals surface area contributed by atoms with Gasteiger partial charge in [-0.05, 0) is 6.92 Å². The van der Waals surface area contributed by atoms with Crippen LogP contribution in [0.2, 0.25) is 0 Å². The van der Waals surface area contributed by atoms with Gasteiger partial charge in [0.15, 0.2) is 22.6 Å². The molecular formula is C15H16FN5O5. The highest BCUT2D eigenvalue weighted by Gasteiger charge is 2.49. The molecule has 3 atom stereocenters. The van der Waals surface area contributed by atoms with Crippen LogP contribution in [0.1, 0.15) is 19.6 Å². The molecule has 3 N–H and O–H groups in total. The van der Waals surface area contributed by atoms with Crippen LogP contribution in [0.5, 0.6) is 0 Å². The average molecular weight is 365 g/mol. The van der Waals surface area contributed by atoms with Gasteiger partial charge in [0.25, 0.3) is 0 Å². The summed E-state index contributed by atoms with van der Waals surface area (Å²) in [7, 11) is 0. The Kier molecular flexibility index (Phi) is 4.62. The number of anilines is 1. The molecule has 1 aliphatic heterocycles. The summed E-state index contributed by atoms with van der Waals surface area (Å²) in [5.74, 6) is 2.19. The minimum absolute atomic E-state index is 0.0351. The largest absolute Gasteiger partial charge is 0.508 e. The van der Waals surface area contributed by atoms with Gasteiger partial charge in [0, 0.05) is 6.42 Å². The number of carbonyl (C=O) groups is 1. The zero-order valence-electron chi connectivity index (χ0n) is 13.8. The molecule has 2 aromatic rings. The van der Waals surface area contributed by atoms with Crippen LogP contribution in [0, 0.1) is 18.4 Å². The van der Waals surface area contributed by atoms with Crippen molar-refractivity contribution in [3.05, 3.63) is 12.4 Å². The van der Waals surface area contributed by atoms with Crippen LogP contribution in [0.15, 0.2) is 6.33 Å². The molecule has 3 heterocycles. The van der Waals surface area contributed by atoms with Gasteiger partial charge in [0.05, 0.1) is 12.9 Å². The van der Waals surface area contributed by atoms with E-state index in [0.29, 0.717) is 0 Å². The van der Waals surface area contributed by atoms with Crippen LogP contribution in [-0.2, 0) is 14.2 Å². The van der Waals surface area contributed by atoms with E-state index in [1.165, 1.54) is 10.9 Å². The van der Waals surface area contributed by atoms with Crippen molar-refractivity contribution in [2.75, 3.05) is 18.9 Å². The molecule has 3 rings (SSSR count). The van der Waals surface area contributed by atoms with Crippen molar-refractivity contribution in [1.29, 1.82) is 0 Å². The molecule has 138 valence electrons. The number of carbonyl (C=O) groups excluding carboxylic acids is 1. The summed E-state index contributed by atoms with van der Waals surface area (Å²) < 4.78 is 30.2. The smallest absolute Gasteiger partial charge is 0.435 e. The van der Waals surface area contributed by atoms with Crippen molar-refractivity contribution in [1.82, 2.24) is 19.5 Å². The number of rotatable bonds is 4. The molecule has 11 heteroatoms. The highest BCUT2D eigenvalue weighted by Crippen LogP contribution is 2.38. The summed E-state index contributed by atoms with van der Waals surface area (Å²) in [5.41, 5.74) is 4.31. The Morgan fingerprint density at radius 2 is 2.38 bits per heavy atom. The molecule has 1 saturated heterocycles. The maximum absolute atomic E-state index is 13.5. The predicted octanol–water partition coefficient (Wildman–Crippen LogP) is 0.372. The van der Waals surface area contributed by atoms with Crippen LogP contribution < -0.4 is 5.73 Å². The molecule has 0 saturated carbocycles. The molecule has 0 radical (unpaired) electrons. The van der Waals surface area contributed by atoms with E-state index in [0.717, 1.165) is 0 Å². The third-order valence-electron chi connectivity index (χ3n) is 3.95. The van der Waals surface area contributed by atoms with E-state index in [-0.39, 0.29) is 30.0 Å².